The minimum atomic E-state index is -0.332. The van der Waals surface area contributed by atoms with Gasteiger partial charge in [0.25, 0.3) is 0 Å². The third-order valence-corrected chi connectivity index (χ3v) is 3.72. The van der Waals surface area contributed by atoms with Crippen molar-refractivity contribution in [2.24, 2.45) is 5.92 Å². The molecular weight excluding hydrogens is 291 g/mol. The molecule has 0 bridgehead atoms. The maximum absolute atomic E-state index is 13.8. The maximum Gasteiger partial charge on any atom is 0.127 e. The Kier molecular flexibility index (Phi) is 5.59. The van der Waals surface area contributed by atoms with E-state index >= 15 is 0 Å². The fourth-order valence-corrected chi connectivity index (χ4v) is 2.54. The molecule has 0 heterocycles. The number of para-hydroxylation sites is 1. The molecule has 0 aliphatic rings. The van der Waals surface area contributed by atoms with Crippen LogP contribution in [0.4, 0.5) is 4.39 Å². The van der Waals surface area contributed by atoms with Gasteiger partial charge in [-0.1, -0.05) is 35.9 Å². The number of hydrogen-bond acceptors (Lipinski definition) is 2. The molecule has 1 N–H and O–H groups in total. The third-order valence-electron chi connectivity index (χ3n) is 3.48. The van der Waals surface area contributed by atoms with E-state index in [1.54, 1.807) is 19.2 Å². The number of aliphatic hydroxyl groups excluding tert-OH is 1. The number of halogens is 2. The molecule has 2 aromatic rings. The Labute approximate surface area is 129 Å². The van der Waals surface area contributed by atoms with Gasteiger partial charge in [0.2, 0.25) is 0 Å². The Morgan fingerprint density at radius 1 is 1.14 bits per heavy atom. The average molecular weight is 309 g/mol. The average Bonchev–Trinajstić information content (AvgIpc) is 2.49. The number of benzene rings is 2. The van der Waals surface area contributed by atoms with E-state index in [4.69, 9.17) is 16.3 Å². The summed E-state index contributed by atoms with van der Waals surface area (Å²) in [6.45, 7) is -0.0138. The number of hydrogen-bond donors (Lipinski definition) is 1. The van der Waals surface area contributed by atoms with E-state index in [1.807, 2.05) is 24.3 Å². The van der Waals surface area contributed by atoms with Crippen LogP contribution in [0.5, 0.6) is 5.75 Å². The van der Waals surface area contributed by atoms with E-state index in [0.717, 1.165) is 11.3 Å². The summed E-state index contributed by atoms with van der Waals surface area (Å²) >= 11 is 5.75. The van der Waals surface area contributed by atoms with E-state index in [0.29, 0.717) is 23.4 Å². The fraction of sp³-hybridized carbons (Fsp3) is 0.294. The minimum absolute atomic E-state index is 0.0138. The quantitative estimate of drug-likeness (QED) is 0.877. The molecule has 0 saturated carbocycles. The lowest BCUT2D eigenvalue weighted by molar-refractivity contribution is 0.223. The van der Waals surface area contributed by atoms with Gasteiger partial charge >= 0.3 is 0 Å². The van der Waals surface area contributed by atoms with Crippen LogP contribution in [0.25, 0.3) is 0 Å². The van der Waals surface area contributed by atoms with Crippen LogP contribution in [0.1, 0.15) is 11.1 Å². The Bertz CT molecular complexity index is 601. The van der Waals surface area contributed by atoms with Gasteiger partial charge in [0.05, 0.1) is 7.11 Å². The Hall–Kier alpha value is -1.58. The van der Waals surface area contributed by atoms with E-state index in [2.05, 4.69) is 0 Å². The van der Waals surface area contributed by atoms with Crippen LogP contribution in [0.3, 0.4) is 0 Å². The largest absolute Gasteiger partial charge is 0.496 e. The summed E-state index contributed by atoms with van der Waals surface area (Å²) in [4.78, 5) is 0. The highest BCUT2D eigenvalue weighted by Crippen LogP contribution is 2.24. The van der Waals surface area contributed by atoms with Crippen molar-refractivity contribution in [3.8, 4) is 5.75 Å². The molecule has 1 unspecified atom stereocenters. The van der Waals surface area contributed by atoms with Crippen LogP contribution < -0.4 is 4.74 Å². The van der Waals surface area contributed by atoms with Gasteiger partial charge in [-0.25, -0.2) is 4.39 Å². The second kappa shape index (κ2) is 7.43. The Balaban J connectivity index is 2.13. The predicted molar refractivity (Wildman–Crippen MR) is 82.4 cm³/mol. The molecule has 0 spiro atoms. The lowest BCUT2D eigenvalue weighted by Crippen LogP contribution is -2.14. The first-order valence-corrected chi connectivity index (χ1v) is 7.18. The minimum Gasteiger partial charge on any atom is -0.496 e. The SMILES string of the molecule is COc1ccccc1CC(CO)Cc1ccc(Cl)cc1F. The van der Waals surface area contributed by atoms with Gasteiger partial charge in [0.1, 0.15) is 11.6 Å². The predicted octanol–water partition coefficient (Wildman–Crippen LogP) is 3.88. The van der Waals surface area contributed by atoms with Crippen molar-refractivity contribution in [3.05, 3.63) is 64.4 Å². The first-order valence-electron chi connectivity index (χ1n) is 6.80. The van der Waals surface area contributed by atoms with E-state index < -0.39 is 0 Å². The number of aliphatic hydroxyl groups is 1. The third kappa shape index (κ3) is 4.19. The van der Waals surface area contributed by atoms with Crippen LogP contribution in [0.15, 0.2) is 42.5 Å². The molecule has 2 rings (SSSR count). The molecule has 21 heavy (non-hydrogen) atoms. The molecule has 0 saturated heterocycles. The van der Waals surface area contributed by atoms with Gasteiger partial charge in [0.15, 0.2) is 0 Å². The molecule has 0 aliphatic heterocycles. The van der Waals surface area contributed by atoms with Crippen molar-refractivity contribution >= 4 is 11.6 Å². The first-order chi connectivity index (χ1) is 10.1. The van der Waals surface area contributed by atoms with E-state index in [-0.39, 0.29) is 18.3 Å². The van der Waals surface area contributed by atoms with Gasteiger partial charge in [-0.15, -0.1) is 0 Å². The highest BCUT2D eigenvalue weighted by Gasteiger charge is 2.15. The van der Waals surface area contributed by atoms with Gasteiger partial charge in [-0.2, -0.15) is 0 Å². The van der Waals surface area contributed by atoms with Crippen molar-refractivity contribution in [1.82, 2.24) is 0 Å². The van der Waals surface area contributed by atoms with Gasteiger partial charge in [0, 0.05) is 11.6 Å². The molecular formula is C17H18ClFO2. The molecule has 1 atom stereocenters. The lowest BCUT2D eigenvalue weighted by atomic mass is 9.92. The molecule has 0 fully saturated rings. The van der Waals surface area contributed by atoms with Crippen LogP contribution in [0.2, 0.25) is 5.02 Å². The zero-order valence-electron chi connectivity index (χ0n) is 11.9. The second-order valence-electron chi connectivity index (χ2n) is 5.00. The van der Waals surface area contributed by atoms with Crippen LogP contribution >= 0.6 is 11.6 Å². The summed E-state index contributed by atoms with van der Waals surface area (Å²) in [6, 6.07) is 12.3. The van der Waals surface area contributed by atoms with Crippen molar-refractivity contribution < 1.29 is 14.2 Å². The van der Waals surface area contributed by atoms with Gasteiger partial charge < -0.3 is 9.84 Å². The van der Waals surface area contributed by atoms with Crippen LogP contribution in [0, 0.1) is 11.7 Å². The van der Waals surface area contributed by atoms with Crippen molar-refractivity contribution in [3.63, 3.8) is 0 Å². The van der Waals surface area contributed by atoms with E-state index in [9.17, 15) is 9.50 Å². The lowest BCUT2D eigenvalue weighted by Gasteiger charge is -2.16. The van der Waals surface area contributed by atoms with Gasteiger partial charge in [-0.3, -0.25) is 0 Å². The molecule has 2 aromatic carbocycles. The highest BCUT2D eigenvalue weighted by molar-refractivity contribution is 6.30. The molecule has 4 heteroatoms. The standard InChI is InChI=1S/C17H18ClFO2/c1-21-17-5-3-2-4-14(17)9-12(11-20)8-13-6-7-15(18)10-16(13)19/h2-7,10,12,20H,8-9,11H2,1H3. The van der Waals surface area contributed by atoms with Crippen LogP contribution in [-0.4, -0.2) is 18.8 Å². The molecule has 0 radical (unpaired) electrons. The summed E-state index contributed by atoms with van der Waals surface area (Å²) in [5, 5.41) is 9.94. The van der Waals surface area contributed by atoms with Crippen LogP contribution in [-0.2, 0) is 12.8 Å². The van der Waals surface area contributed by atoms with E-state index in [1.165, 1.54) is 6.07 Å². The zero-order chi connectivity index (χ0) is 15.2. The molecule has 0 aromatic heterocycles. The molecule has 0 aliphatic carbocycles. The zero-order valence-corrected chi connectivity index (χ0v) is 12.6. The summed E-state index contributed by atoms with van der Waals surface area (Å²) < 4.78 is 19.1. The van der Waals surface area contributed by atoms with Gasteiger partial charge in [-0.05, 0) is 48.1 Å². The summed E-state index contributed by atoms with van der Waals surface area (Å²) in [7, 11) is 1.62. The second-order valence-corrected chi connectivity index (χ2v) is 5.44. The van der Waals surface area contributed by atoms with Crippen molar-refractivity contribution in [2.45, 2.75) is 12.8 Å². The molecule has 2 nitrogen and oxygen atoms in total. The van der Waals surface area contributed by atoms with Crippen molar-refractivity contribution in [2.75, 3.05) is 13.7 Å². The van der Waals surface area contributed by atoms with Crippen molar-refractivity contribution in [1.29, 1.82) is 0 Å². The first kappa shape index (κ1) is 15.8. The fourth-order valence-electron chi connectivity index (χ4n) is 2.38. The topological polar surface area (TPSA) is 29.5 Å². The maximum atomic E-state index is 13.8. The Morgan fingerprint density at radius 3 is 2.52 bits per heavy atom. The number of rotatable bonds is 6. The summed E-state index contributed by atoms with van der Waals surface area (Å²) in [6.07, 6.45) is 1.08. The summed E-state index contributed by atoms with van der Waals surface area (Å²) in [5.41, 5.74) is 1.57. The normalized spacial score (nSPS) is 12.2. The highest BCUT2D eigenvalue weighted by atomic mass is 35.5. The smallest absolute Gasteiger partial charge is 0.127 e. The molecule has 112 valence electrons. The summed E-state index contributed by atoms with van der Waals surface area (Å²) in [5.74, 6) is 0.380. The number of methoxy groups -OCH3 is 1. The molecule has 0 amide bonds. The monoisotopic (exact) mass is 308 g/mol. The Morgan fingerprint density at radius 2 is 1.86 bits per heavy atom. The number of ether oxygens (including phenoxy) is 1.